The fourth-order valence-electron chi connectivity index (χ4n) is 4.25. The number of likely N-dealkylation sites (tertiary alicyclic amines) is 1. The second kappa shape index (κ2) is 11.9. The van der Waals surface area contributed by atoms with Gasteiger partial charge < -0.3 is 15.0 Å². The molecule has 2 aromatic carbocycles. The Balaban J connectivity index is 1.24. The number of thiazole rings is 1. The average molecular weight is 496 g/mol. The van der Waals surface area contributed by atoms with Gasteiger partial charge >= 0.3 is 0 Å². The maximum atomic E-state index is 13.1. The van der Waals surface area contributed by atoms with Gasteiger partial charge in [0.15, 0.2) is 0 Å². The van der Waals surface area contributed by atoms with Gasteiger partial charge in [0.05, 0.1) is 18.0 Å². The van der Waals surface area contributed by atoms with Gasteiger partial charge in [-0.2, -0.15) is 0 Å². The molecule has 184 valence electrons. The Hall–Kier alpha value is -3.26. The fourth-order valence-corrected chi connectivity index (χ4v) is 5.22. The van der Waals surface area contributed by atoms with Crippen molar-refractivity contribution in [1.82, 2.24) is 15.2 Å². The smallest absolute Gasteiger partial charge is 0.270 e. The molecule has 1 fully saturated rings. The molecule has 0 saturated carbocycles. The molecule has 0 atom stereocenters. The lowest BCUT2D eigenvalue weighted by molar-refractivity contribution is -0.131. The van der Waals surface area contributed by atoms with E-state index in [0.717, 1.165) is 34.7 Å². The van der Waals surface area contributed by atoms with Gasteiger partial charge in [0.2, 0.25) is 5.91 Å². The van der Waals surface area contributed by atoms with Gasteiger partial charge in [-0.25, -0.2) is 9.37 Å². The van der Waals surface area contributed by atoms with Crippen LogP contribution in [-0.2, 0) is 17.6 Å². The Bertz CT molecular complexity index is 1140. The molecule has 0 unspecified atom stereocenters. The highest BCUT2D eigenvalue weighted by atomic mass is 32.1. The van der Waals surface area contributed by atoms with Crippen molar-refractivity contribution in [3.8, 4) is 5.75 Å². The van der Waals surface area contributed by atoms with Gasteiger partial charge in [0.25, 0.3) is 5.91 Å². The highest BCUT2D eigenvalue weighted by Crippen LogP contribution is 2.30. The minimum Gasteiger partial charge on any atom is -0.494 e. The fraction of sp³-hybridized carbons (Fsp3) is 0.370. The highest BCUT2D eigenvalue weighted by Gasteiger charge is 2.26. The zero-order valence-electron chi connectivity index (χ0n) is 19.8. The van der Waals surface area contributed by atoms with Crippen LogP contribution in [0, 0.1) is 5.82 Å². The molecular weight excluding hydrogens is 465 g/mol. The highest BCUT2D eigenvalue weighted by molar-refractivity contribution is 7.09. The molecule has 2 heterocycles. The number of nitrogens with one attached hydrogen (secondary N) is 1. The first-order valence-electron chi connectivity index (χ1n) is 12.0. The topological polar surface area (TPSA) is 71.5 Å². The van der Waals surface area contributed by atoms with Crippen molar-refractivity contribution in [1.29, 1.82) is 0 Å². The number of amides is 2. The van der Waals surface area contributed by atoms with Crippen molar-refractivity contribution in [2.75, 3.05) is 26.2 Å². The van der Waals surface area contributed by atoms with Gasteiger partial charge in [-0.15, -0.1) is 11.3 Å². The van der Waals surface area contributed by atoms with E-state index < -0.39 is 0 Å². The van der Waals surface area contributed by atoms with Crippen LogP contribution >= 0.6 is 11.3 Å². The standard InChI is InChI=1S/C27H30FN3O3S/c1-2-34-24-6-4-3-5-20(24)11-14-29-26(33)23-18-35-27(30-23)21-12-15-31(16-13-21)25(32)17-19-7-9-22(28)10-8-19/h3-10,18,21H,2,11-17H2,1H3,(H,29,33). The SMILES string of the molecule is CCOc1ccccc1CCNC(=O)c1csc(C2CCN(C(=O)Cc3ccc(F)cc3)CC2)n1. The third kappa shape index (κ3) is 6.66. The van der Waals surface area contributed by atoms with E-state index >= 15 is 0 Å². The number of carbonyl (C=O) groups excluding carboxylic acids is 2. The number of carbonyl (C=O) groups is 2. The summed E-state index contributed by atoms with van der Waals surface area (Å²) in [5.74, 6) is 0.677. The number of para-hydroxylation sites is 1. The number of piperidine rings is 1. The van der Waals surface area contributed by atoms with E-state index in [1.165, 1.54) is 23.5 Å². The van der Waals surface area contributed by atoms with Crippen molar-refractivity contribution in [3.63, 3.8) is 0 Å². The van der Waals surface area contributed by atoms with Gasteiger partial charge in [-0.05, 0) is 55.5 Å². The van der Waals surface area contributed by atoms with Crippen molar-refractivity contribution >= 4 is 23.2 Å². The Labute approximate surface area is 209 Å². The summed E-state index contributed by atoms with van der Waals surface area (Å²) in [6.45, 7) is 4.38. The van der Waals surface area contributed by atoms with Gasteiger partial charge in [-0.1, -0.05) is 30.3 Å². The minimum absolute atomic E-state index is 0.0557. The molecule has 0 aliphatic carbocycles. The average Bonchev–Trinajstić information content (AvgIpc) is 3.37. The van der Waals surface area contributed by atoms with E-state index in [0.29, 0.717) is 38.4 Å². The Morgan fingerprint density at radius 2 is 1.89 bits per heavy atom. The van der Waals surface area contributed by atoms with Crippen LogP contribution < -0.4 is 10.1 Å². The third-order valence-electron chi connectivity index (χ3n) is 6.17. The number of ether oxygens (including phenoxy) is 1. The Morgan fingerprint density at radius 1 is 1.14 bits per heavy atom. The molecule has 0 spiro atoms. The summed E-state index contributed by atoms with van der Waals surface area (Å²) in [5.41, 5.74) is 2.32. The lowest BCUT2D eigenvalue weighted by Crippen LogP contribution is -2.38. The van der Waals surface area contributed by atoms with E-state index in [1.54, 1.807) is 12.1 Å². The van der Waals surface area contributed by atoms with Gasteiger partial charge in [0.1, 0.15) is 17.3 Å². The van der Waals surface area contributed by atoms with Gasteiger partial charge in [-0.3, -0.25) is 9.59 Å². The Kier molecular flexibility index (Phi) is 8.47. The first-order chi connectivity index (χ1) is 17.0. The molecule has 1 aliphatic rings. The molecule has 1 aliphatic heterocycles. The van der Waals surface area contributed by atoms with Crippen LogP contribution in [0.15, 0.2) is 53.9 Å². The lowest BCUT2D eigenvalue weighted by atomic mass is 9.97. The summed E-state index contributed by atoms with van der Waals surface area (Å²) in [4.78, 5) is 31.7. The minimum atomic E-state index is -0.301. The zero-order chi connectivity index (χ0) is 24.6. The summed E-state index contributed by atoms with van der Waals surface area (Å²) in [6, 6.07) is 13.9. The molecule has 1 saturated heterocycles. The molecule has 6 nitrogen and oxygen atoms in total. The summed E-state index contributed by atoms with van der Waals surface area (Å²) in [5, 5.41) is 5.71. The number of halogens is 1. The van der Waals surface area contributed by atoms with Crippen LogP contribution in [0.2, 0.25) is 0 Å². The van der Waals surface area contributed by atoms with Crippen molar-refractivity contribution in [3.05, 3.63) is 81.6 Å². The van der Waals surface area contributed by atoms with Crippen molar-refractivity contribution in [2.45, 2.75) is 38.5 Å². The summed E-state index contributed by atoms with van der Waals surface area (Å²) in [6.07, 6.45) is 2.60. The molecule has 2 amide bonds. The molecule has 1 N–H and O–H groups in total. The molecule has 35 heavy (non-hydrogen) atoms. The Morgan fingerprint density at radius 3 is 2.63 bits per heavy atom. The van der Waals surface area contributed by atoms with Crippen molar-refractivity contribution in [2.24, 2.45) is 0 Å². The monoisotopic (exact) mass is 495 g/mol. The van der Waals surface area contributed by atoms with Gasteiger partial charge in [0, 0.05) is 30.9 Å². The number of rotatable bonds is 9. The van der Waals surface area contributed by atoms with Crippen molar-refractivity contribution < 1.29 is 18.7 Å². The van der Waals surface area contributed by atoms with E-state index in [9.17, 15) is 14.0 Å². The summed E-state index contributed by atoms with van der Waals surface area (Å²) >= 11 is 1.51. The van der Waals surface area contributed by atoms with Crippen LogP contribution in [0.4, 0.5) is 4.39 Å². The molecule has 8 heteroatoms. The van der Waals surface area contributed by atoms with E-state index in [2.05, 4.69) is 10.3 Å². The zero-order valence-corrected chi connectivity index (χ0v) is 20.7. The van der Waals surface area contributed by atoms with E-state index in [-0.39, 0.29) is 30.0 Å². The van der Waals surface area contributed by atoms with E-state index in [1.807, 2.05) is 41.5 Å². The molecule has 4 rings (SSSR count). The van der Waals surface area contributed by atoms with Crippen LogP contribution in [0.25, 0.3) is 0 Å². The molecule has 0 radical (unpaired) electrons. The molecule has 0 bridgehead atoms. The van der Waals surface area contributed by atoms with Crippen LogP contribution in [0.5, 0.6) is 5.75 Å². The lowest BCUT2D eigenvalue weighted by Gasteiger charge is -2.31. The second-order valence-electron chi connectivity index (χ2n) is 8.58. The van der Waals surface area contributed by atoms with Crippen LogP contribution in [0.3, 0.4) is 0 Å². The summed E-state index contributed by atoms with van der Waals surface area (Å²) < 4.78 is 18.7. The number of nitrogens with zero attached hydrogens (tertiary/aromatic N) is 2. The predicted molar refractivity (Wildman–Crippen MR) is 134 cm³/mol. The third-order valence-corrected chi connectivity index (χ3v) is 7.18. The quantitative estimate of drug-likeness (QED) is 0.471. The normalized spacial score (nSPS) is 14.1. The molecular formula is C27H30FN3O3S. The summed E-state index contributed by atoms with van der Waals surface area (Å²) in [7, 11) is 0. The number of aromatic nitrogens is 1. The predicted octanol–water partition coefficient (Wildman–Crippen LogP) is 4.60. The van der Waals surface area contributed by atoms with Crippen LogP contribution in [0.1, 0.15) is 52.3 Å². The second-order valence-corrected chi connectivity index (χ2v) is 9.47. The maximum Gasteiger partial charge on any atom is 0.270 e. The first kappa shape index (κ1) is 24.9. The number of hydrogen-bond donors (Lipinski definition) is 1. The molecule has 1 aromatic heterocycles. The number of benzene rings is 2. The molecule has 3 aromatic rings. The first-order valence-corrected chi connectivity index (χ1v) is 12.9. The van der Waals surface area contributed by atoms with Crippen LogP contribution in [-0.4, -0.2) is 47.9 Å². The largest absolute Gasteiger partial charge is 0.494 e. The van der Waals surface area contributed by atoms with E-state index in [4.69, 9.17) is 4.74 Å². The number of hydrogen-bond acceptors (Lipinski definition) is 5. The maximum absolute atomic E-state index is 13.1.